The number of hydrogen-bond donors (Lipinski definition) is 1. The third kappa shape index (κ3) is 5.68. The maximum atomic E-state index is 11.2. The molecule has 17 heavy (non-hydrogen) atoms. The lowest BCUT2D eigenvalue weighted by molar-refractivity contribution is -0.150. The lowest BCUT2D eigenvalue weighted by Gasteiger charge is -2.21. The van der Waals surface area contributed by atoms with Gasteiger partial charge in [-0.2, -0.15) is 0 Å². The summed E-state index contributed by atoms with van der Waals surface area (Å²) >= 11 is 0. The number of hydrogen-bond acceptors (Lipinski definition) is 4. The quantitative estimate of drug-likeness (QED) is 0.728. The van der Waals surface area contributed by atoms with Crippen molar-refractivity contribution in [2.24, 2.45) is 11.7 Å². The molecule has 2 N–H and O–H groups in total. The van der Waals surface area contributed by atoms with Gasteiger partial charge in [-0.25, -0.2) is 4.79 Å². The molecule has 1 saturated heterocycles. The molecule has 1 aliphatic heterocycles. The Hall–Kier alpha value is -1.10. The maximum absolute atomic E-state index is 11.2. The van der Waals surface area contributed by atoms with E-state index in [0.717, 1.165) is 12.3 Å². The second kappa shape index (κ2) is 8.06. The second-order valence-corrected chi connectivity index (χ2v) is 4.70. The summed E-state index contributed by atoms with van der Waals surface area (Å²) in [6.45, 7) is 7.06. The SMILES string of the molecule is CC(C)C.COC(=O)C1CCCN1C(=O)CN. The van der Waals surface area contributed by atoms with Crippen LogP contribution >= 0.6 is 0 Å². The molecule has 0 bridgehead atoms. The first-order valence-corrected chi connectivity index (χ1v) is 6.01. The fourth-order valence-corrected chi connectivity index (χ4v) is 1.56. The van der Waals surface area contributed by atoms with Crippen molar-refractivity contribution < 1.29 is 14.3 Å². The molecule has 0 saturated carbocycles. The average molecular weight is 244 g/mol. The van der Waals surface area contributed by atoms with Crippen LogP contribution in [0.5, 0.6) is 0 Å². The van der Waals surface area contributed by atoms with Crippen molar-refractivity contribution in [3.05, 3.63) is 0 Å². The standard InChI is InChI=1S/C8H14N2O3.C4H10/c1-13-8(12)6-3-2-4-10(6)7(11)5-9;1-4(2)3/h6H,2-5,9H2,1H3;4H,1-3H3. The Balaban J connectivity index is 0.000000557. The predicted octanol–water partition coefficient (Wildman–Crippen LogP) is 0.771. The largest absolute Gasteiger partial charge is 0.467 e. The van der Waals surface area contributed by atoms with Crippen LogP contribution in [0.3, 0.4) is 0 Å². The van der Waals surface area contributed by atoms with Crippen LogP contribution in [0.2, 0.25) is 0 Å². The fraction of sp³-hybridized carbons (Fsp3) is 0.833. The maximum Gasteiger partial charge on any atom is 0.328 e. The van der Waals surface area contributed by atoms with Gasteiger partial charge in [0.2, 0.25) is 5.91 Å². The highest BCUT2D eigenvalue weighted by atomic mass is 16.5. The van der Waals surface area contributed by atoms with Crippen LogP contribution in [0.1, 0.15) is 33.6 Å². The van der Waals surface area contributed by atoms with Crippen molar-refractivity contribution in [1.29, 1.82) is 0 Å². The number of nitrogens with two attached hydrogens (primary N) is 1. The van der Waals surface area contributed by atoms with Crippen molar-refractivity contribution in [2.75, 3.05) is 20.2 Å². The number of nitrogens with zero attached hydrogens (tertiary/aromatic N) is 1. The molecule has 1 heterocycles. The molecule has 0 aromatic heterocycles. The van der Waals surface area contributed by atoms with E-state index in [2.05, 4.69) is 25.5 Å². The van der Waals surface area contributed by atoms with Gasteiger partial charge in [0.05, 0.1) is 13.7 Å². The molecule has 0 aromatic carbocycles. The number of likely N-dealkylation sites (tertiary alicyclic amines) is 1. The molecule has 1 amide bonds. The van der Waals surface area contributed by atoms with Crippen LogP contribution in [0.4, 0.5) is 0 Å². The average Bonchev–Trinajstić information content (AvgIpc) is 2.75. The number of carbonyl (C=O) groups is 2. The Morgan fingerprint density at radius 3 is 2.35 bits per heavy atom. The molecule has 1 aliphatic rings. The van der Waals surface area contributed by atoms with Crippen molar-refractivity contribution in [3.8, 4) is 0 Å². The third-order valence-corrected chi connectivity index (χ3v) is 2.22. The van der Waals surface area contributed by atoms with Crippen molar-refractivity contribution in [3.63, 3.8) is 0 Å². The second-order valence-electron chi connectivity index (χ2n) is 4.70. The molecule has 0 aliphatic carbocycles. The zero-order valence-electron chi connectivity index (χ0n) is 11.2. The monoisotopic (exact) mass is 244 g/mol. The van der Waals surface area contributed by atoms with Gasteiger partial charge in [-0.05, 0) is 18.8 Å². The Kier molecular flexibility index (Phi) is 7.54. The van der Waals surface area contributed by atoms with Crippen LogP contribution in [-0.2, 0) is 14.3 Å². The molecule has 0 aromatic rings. The molecule has 1 rings (SSSR count). The predicted molar refractivity (Wildman–Crippen MR) is 66.3 cm³/mol. The van der Waals surface area contributed by atoms with Crippen LogP contribution in [-0.4, -0.2) is 43.0 Å². The lowest BCUT2D eigenvalue weighted by atomic mass is 10.2. The Bertz CT molecular complexity index is 229. The minimum Gasteiger partial charge on any atom is -0.467 e. The van der Waals surface area contributed by atoms with Gasteiger partial charge >= 0.3 is 5.97 Å². The minimum absolute atomic E-state index is 0.0481. The Morgan fingerprint density at radius 2 is 1.94 bits per heavy atom. The highest BCUT2D eigenvalue weighted by Gasteiger charge is 2.33. The van der Waals surface area contributed by atoms with E-state index >= 15 is 0 Å². The van der Waals surface area contributed by atoms with Crippen molar-refractivity contribution in [2.45, 2.75) is 39.7 Å². The summed E-state index contributed by atoms with van der Waals surface area (Å²) in [4.78, 5) is 23.9. The summed E-state index contributed by atoms with van der Waals surface area (Å²) in [5, 5.41) is 0. The summed E-state index contributed by atoms with van der Waals surface area (Å²) in [7, 11) is 1.33. The molecular formula is C12H24N2O3. The molecule has 100 valence electrons. The number of ether oxygens (including phenoxy) is 1. The van der Waals surface area contributed by atoms with Crippen LogP contribution in [0.25, 0.3) is 0 Å². The van der Waals surface area contributed by atoms with Crippen LogP contribution in [0, 0.1) is 5.92 Å². The third-order valence-electron chi connectivity index (χ3n) is 2.22. The minimum atomic E-state index is -0.416. The smallest absolute Gasteiger partial charge is 0.328 e. The van der Waals surface area contributed by atoms with E-state index in [-0.39, 0.29) is 18.4 Å². The first-order chi connectivity index (χ1) is 7.93. The van der Waals surface area contributed by atoms with E-state index < -0.39 is 6.04 Å². The number of rotatable bonds is 2. The van der Waals surface area contributed by atoms with Gasteiger partial charge in [0, 0.05) is 6.54 Å². The molecule has 1 atom stereocenters. The van der Waals surface area contributed by atoms with Gasteiger partial charge in [-0.3, -0.25) is 4.79 Å². The summed E-state index contributed by atoms with van der Waals surface area (Å²) in [6.07, 6.45) is 1.52. The number of carbonyl (C=O) groups excluding carboxylic acids is 2. The first kappa shape index (κ1) is 15.9. The number of amides is 1. The van der Waals surface area contributed by atoms with Gasteiger partial charge in [-0.1, -0.05) is 20.8 Å². The van der Waals surface area contributed by atoms with Crippen LogP contribution in [0.15, 0.2) is 0 Å². The molecule has 5 heteroatoms. The summed E-state index contributed by atoms with van der Waals surface area (Å²) < 4.78 is 4.59. The summed E-state index contributed by atoms with van der Waals surface area (Å²) in [5.41, 5.74) is 5.21. The Labute approximate surface area is 103 Å². The molecule has 0 spiro atoms. The Morgan fingerprint density at radius 1 is 1.41 bits per heavy atom. The van der Waals surface area contributed by atoms with Gasteiger partial charge in [0.1, 0.15) is 6.04 Å². The van der Waals surface area contributed by atoms with Crippen molar-refractivity contribution in [1.82, 2.24) is 4.90 Å². The van der Waals surface area contributed by atoms with E-state index in [1.165, 1.54) is 12.0 Å². The van der Waals surface area contributed by atoms with Gasteiger partial charge in [0.25, 0.3) is 0 Å². The summed E-state index contributed by atoms with van der Waals surface area (Å²) in [5.74, 6) is 0.298. The van der Waals surface area contributed by atoms with E-state index in [1.807, 2.05) is 0 Å². The highest BCUT2D eigenvalue weighted by Crippen LogP contribution is 2.17. The molecule has 1 fully saturated rings. The molecule has 5 nitrogen and oxygen atoms in total. The van der Waals surface area contributed by atoms with E-state index in [1.54, 1.807) is 0 Å². The summed E-state index contributed by atoms with van der Waals surface area (Å²) in [6, 6.07) is -0.416. The van der Waals surface area contributed by atoms with E-state index in [0.29, 0.717) is 13.0 Å². The molecule has 0 radical (unpaired) electrons. The number of esters is 1. The molecule has 1 unspecified atom stereocenters. The van der Waals surface area contributed by atoms with Gasteiger partial charge in [-0.15, -0.1) is 0 Å². The lowest BCUT2D eigenvalue weighted by Crippen LogP contribution is -2.43. The molecular weight excluding hydrogens is 220 g/mol. The fourth-order valence-electron chi connectivity index (χ4n) is 1.56. The number of methoxy groups -OCH3 is 1. The van der Waals surface area contributed by atoms with E-state index in [9.17, 15) is 9.59 Å². The normalized spacial score (nSPS) is 18.7. The highest BCUT2D eigenvalue weighted by molar-refractivity contribution is 5.86. The van der Waals surface area contributed by atoms with Crippen LogP contribution < -0.4 is 5.73 Å². The van der Waals surface area contributed by atoms with E-state index in [4.69, 9.17) is 5.73 Å². The topological polar surface area (TPSA) is 72.6 Å². The van der Waals surface area contributed by atoms with Gasteiger partial charge < -0.3 is 15.4 Å². The zero-order chi connectivity index (χ0) is 13.4. The first-order valence-electron chi connectivity index (χ1n) is 6.01. The van der Waals surface area contributed by atoms with Crippen molar-refractivity contribution >= 4 is 11.9 Å². The van der Waals surface area contributed by atoms with Gasteiger partial charge in [0.15, 0.2) is 0 Å². The zero-order valence-corrected chi connectivity index (χ0v) is 11.2.